The molecule has 11 heteroatoms. The number of benzene rings is 1. The summed E-state index contributed by atoms with van der Waals surface area (Å²) in [6.07, 6.45) is 7.04. The molecule has 2 amide bonds. The molecule has 5 N–H and O–H groups in total. The first kappa shape index (κ1) is 25.1. The van der Waals surface area contributed by atoms with Gasteiger partial charge in [-0.1, -0.05) is 30.4 Å². The molecular formula is C23H29ClN6O4. The van der Waals surface area contributed by atoms with E-state index < -0.39 is 24.0 Å². The van der Waals surface area contributed by atoms with E-state index in [0.717, 1.165) is 16.5 Å². The number of nitrogens with zero attached hydrogens (tertiary/aromatic N) is 2. The molecule has 34 heavy (non-hydrogen) atoms. The second kappa shape index (κ2) is 12.1. The summed E-state index contributed by atoms with van der Waals surface area (Å²) in [6, 6.07) is 6.00. The summed E-state index contributed by atoms with van der Waals surface area (Å²) in [7, 11) is 1.26. The second-order valence-corrected chi connectivity index (χ2v) is 8.10. The summed E-state index contributed by atoms with van der Waals surface area (Å²) in [4.78, 5) is 44.4. The van der Waals surface area contributed by atoms with Crippen molar-refractivity contribution < 1.29 is 19.1 Å². The molecule has 2 atom stereocenters. The molecule has 0 saturated heterocycles. The topological polar surface area (TPSA) is 140 Å². The van der Waals surface area contributed by atoms with Gasteiger partial charge in [-0.25, -0.2) is 4.79 Å². The number of hydrogen-bond acceptors (Lipinski definition) is 5. The molecule has 1 aliphatic heterocycles. The van der Waals surface area contributed by atoms with Gasteiger partial charge in [-0.15, -0.1) is 0 Å². The summed E-state index contributed by atoms with van der Waals surface area (Å²) >= 11 is 5.37. The van der Waals surface area contributed by atoms with Gasteiger partial charge in [0.05, 0.1) is 13.5 Å². The van der Waals surface area contributed by atoms with Gasteiger partial charge in [0.2, 0.25) is 17.8 Å². The average Bonchev–Trinajstić information content (AvgIpc) is 3.18. The molecule has 0 spiro atoms. The van der Waals surface area contributed by atoms with Crippen molar-refractivity contribution in [2.75, 3.05) is 13.7 Å². The zero-order valence-corrected chi connectivity index (χ0v) is 19.7. The van der Waals surface area contributed by atoms with Crippen LogP contribution in [0.3, 0.4) is 0 Å². The van der Waals surface area contributed by atoms with Crippen molar-refractivity contribution in [3.05, 3.63) is 48.2 Å². The van der Waals surface area contributed by atoms with Crippen molar-refractivity contribution in [1.29, 1.82) is 0 Å². The zero-order valence-electron chi connectivity index (χ0n) is 18.9. The van der Waals surface area contributed by atoms with Crippen molar-refractivity contribution in [3.8, 4) is 0 Å². The van der Waals surface area contributed by atoms with Crippen LogP contribution in [-0.2, 0) is 32.1 Å². The lowest BCUT2D eigenvalue weighted by molar-refractivity contribution is -0.143. The molecule has 1 aromatic heterocycles. The van der Waals surface area contributed by atoms with Gasteiger partial charge in [0, 0.05) is 42.0 Å². The SMILES string of the molecule is COC(=O)[C@H]1/C=C\Cn2cc(c3ccccc32)CC(=O)N[C@@H](CCCCN=C(N)NCl)C(=O)N1. The molecule has 1 aliphatic rings. The Labute approximate surface area is 202 Å². The molecule has 10 nitrogen and oxygen atoms in total. The van der Waals surface area contributed by atoms with Crippen LogP contribution in [0.2, 0.25) is 0 Å². The Kier molecular flexibility index (Phi) is 8.92. The number of aromatic nitrogens is 1. The molecule has 0 unspecified atom stereocenters. The molecule has 3 rings (SSSR count). The van der Waals surface area contributed by atoms with E-state index >= 15 is 0 Å². The molecule has 0 fully saturated rings. The number of amides is 2. The average molecular weight is 489 g/mol. The predicted octanol–water partition coefficient (Wildman–Crippen LogP) is 1.12. The number of hydrogen-bond donors (Lipinski definition) is 4. The summed E-state index contributed by atoms with van der Waals surface area (Å²) in [5.74, 6) is -1.22. The lowest BCUT2D eigenvalue weighted by Crippen LogP contribution is -2.51. The van der Waals surface area contributed by atoms with Gasteiger partial charge in [-0.3, -0.25) is 19.4 Å². The highest BCUT2D eigenvalue weighted by molar-refractivity contribution is 6.21. The maximum Gasteiger partial charge on any atom is 0.332 e. The minimum absolute atomic E-state index is 0.113. The van der Waals surface area contributed by atoms with Crippen molar-refractivity contribution >= 4 is 46.4 Å². The van der Waals surface area contributed by atoms with Crippen molar-refractivity contribution in [2.24, 2.45) is 10.7 Å². The fraction of sp³-hybridized carbons (Fsp3) is 0.391. The minimum atomic E-state index is -0.974. The van der Waals surface area contributed by atoms with E-state index in [4.69, 9.17) is 22.2 Å². The van der Waals surface area contributed by atoms with Crippen LogP contribution >= 0.6 is 11.8 Å². The van der Waals surface area contributed by atoms with E-state index in [9.17, 15) is 14.4 Å². The van der Waals surface area contributed by atoms with E-state index in [0.29, 0.717) is 32.4 Å². The van der Waals surface area contributed by atoms with Crippen LogP contribution in [0.5, 0.6) is 0 Å². The van der Waals surface area contributed by atoms with Crippen molar-refractivity contribution in [3.63, 3.8) is 0 Å². The fourth-order valence-corrected chi connectivity index (χ4v) is 3.93. The smallest absolute Gasteiger partial charge is 0.332 e. The highest BCUT2D eigenvalue weighted by atomic mass is 35.5. The van der Waals surface area contributed by atoms with Crippen LogP contribution < -0.4 is 21.2 Å². The number of esters is 1. The minimum Gasteiger partial charge on any atom is -0.467 e. The van der Waals surface area contributed by atoms with Gasteiger partial charge in [0.1, 0.15) is 12.1 Å². The highest BCUT2D eigenvalue weighted by Gasteiger charge is 2.26. The number of guanidine groups is 1. The second-order valence-electron chi connectivity index (χ2n) is 7.92. The van der Waals surface area contributed by atoms with E-state index in [1.165, 1.54) is 7.11 Å². The van der Waals surface area contributed by atoms with Crippen LogP contribution in [0, 0.1) is 0 Å². The highest BCUT2D eigenvalue weighted by Crippen LogP contribution is 2.22. The Morgan fingerprint density at radius 2 is 2.09 bits per heavy atom. The molecule has 0 radical (unpaired) electrons. The number of unbranched alkanes of at least 4 members (excludes halogenated alkanes) is 1. The Bertz CT molecular complexity index is 1100. The summed E-state index contributed by atoms with van der Waals surface area (Å²) < 4.78 is 6.85. The third kappa shape index (κ3) is 6.50. The summed E-state index contributed by atoms with van der Waals surface area (Å²) in [6.45, 7) is 0.886. The number of para-hydroxylation sites is 1. The van der Waals surface area contributed by atoms with Gasteiger partial charge in [0.25, 0.3) is 0 Å². The van der Waals surface area contributed by atoms with E-state index in [1.807, 2.05) is 35.0 Å². The number of carbonyl (C=O) groups is 3. The monoisotopic (exact) mass is 488 g/mol. The number of nitrogens with one attached hydrogen (secondary N) is 3. The third-order valence-electron chi connectivity index (χ3n) is 5.54. The molecule has 2 heterocycles. The van der Waals surface area contributed by atoms with Gasteiger partial charge in [-0.05, 0) is 30.9 Å². The Morgan fingerprint density at radius 1 is 1.29 bits per heavy atom. The Hall–Kier alpha value is -3.53. The van der Waals surface area contributed by atoms with Gasteiger partial charge < -0.3 is 25.7 Å². The predicted molar refractivity (Wildman–Crippen MR) is 130 cm³/mol. The summed E-state index contributed by atoms with van der Waals surface area (Å²) in [5, 5.41) is 6.48. The Balaban J connectivity index is 1.84. The number of nitrogens with two attached hydrogens (primary N) is 1. The molecule has 0 saturated carbocycles. The zero-order chi connectivity index (χ0) is 24.5. The number of aliphatic imine (C=N–C) groups is 1. The third-order valence-corrected chi connectivity index (χ3v) is 5.73. The lowest BCUT2D eigenvalue weighted by atomic mass is 10.1. The molecule has 182 valence electrons. The fourth-order valence-electron chi connectivity index (χ4n) is 3.87. The molecule has 1 aromatic carbocycles. The summed E-state index contributed by atoms with van der Waals surface area (Å²) in [5.41, 5.74) is 7.34. The number of allylic oxidation sites excluding steroid dienone is 1. The van der Waals surface area contributed by atoms with E-state index in [1.54, 1.807) is 12.2 Å². The molecule has 0 aliphatic carbocycles. The maximum absolute atomic E-state index is 13.0. The van der Waals surface area contributed by atoms with Crippen molar-refractivity contribution in [1.82, 2.24) is 20.0 Å². The van der Waals surface area contributed by atoms with Crippen LogP contribution in [-0.4, -0.2) is 54.0 Å². The first-order valence-electron chi connectivity index (χ1n) is 11.0. The van der Waals surface area contributed by atoms with Crippen molar-refractivity contribution in [2.45, 2.75) is 44.3 Å². The number of ether oxygens (including phenoxy) is 1. The van der Waals surface area contributed by atoms with Crippen LogP contribution in [0.25, 0.3) is 10.9 Å². The van der Waals surface area contributed by atoms with Gasteiger partial charge in [-0.2, -0.15) is 0 Å². The quantitative estimate of drug-likeness (QED) is 0.120. The van der Waals surface area contributed by atoms with Gasteiger partial charge >= 0.3 is 5.97 Å². The standard InChI is InChI=1S/C23H29ClN6O4/c1-34-22(33)18-9-6-12-30-14-15(16-7-2-3-10-19(16)30)13-20(31)27-17(21(32)28-18)8-4-5-11-26-23(25)29-24/h2-3,6-7,9-10,14,17-18H,4-5,8,11-13H2,1H3,(H,27,31)(H,28,32)(H3,25,26,29)/b9-6-/t17-,18+/m0/s1. The van der Waals surface area contributed by atoms with Gasteiger partial charge in [0.15, 0.2) is 0 Å². The van der Waals surface area contributed by atoms with E-state index in [2.05, 4.69) is 20.5 Å². The number of methoxy groups -OCH3 is 1. The first-order valence-corrected chi connectivity index (χ1v) is 11.4. The molecule has 2 bridgehead atoms. The Morgan fingerprint density at radius 3 is 2.85 bits per heavy atom. The normalized spacial score (nSPS) is 20.4. The number of carbonyl (C=O) groups excluding carboxylic acids is 3. The molecule has 2 aromatic rings. The number of halogens is 1. The largest absolute Gasteiger partial charge is 0.467 e. The maximum atomic E-state index is 13.0. The van der Waals surface area contributed by atoms with E-state index in [-0.39, 0.29) is 18.3 Å². The van der Waals surface area contributed by atoms with Crippen LogP contribution in [0.4, 0.5) is 0 Å². The lowest BCUT2D eigenvalue weighted by Gasteiger charge is -2.21. The van der Waals surface area contributed by atoms with Crippen LogP contribution in [0.1, 0.15) is 24.8 Å². The molecular weight excluding hydrogens is 460 g/mol. The number of rotatable bonds is 6. The number of fused-ring (bicyclic) bond motifs is 5. The first-order chi connectivity index (χ1) is 16.4. The van der Waals surface area contributed by atoms with Crippen LogP contribution in [0.15, 0.2) is 47.6 Å².